The third-order valence-corrected chi connectivity index (χ3v) is 0.978. The number of benzene rings is 1. The van der Waals surface area contributed by atoms with E-state index in [9.17, 15) is 0 Å². The zero-order chi connectivity index (χ0) is 6.85. The van der Waals surface area contributed by atoms with Gasteiger partial charge in [-0.25, -0.2) is 0 Å². The Balaban J connectivity index is 3.25. The van der Waals surface area contributed by atoms with Gasteiger partial charge in [-0.1, -0.05) is 0 Å². The Kier molecular flexibility index (Phi) is 1.18. The van der Waals surface area contributed by atoms with Crippen molar-refractivity contribution in [1.82, 2.24) is 0 Å². The van der Waals surface area contributed by atoms with Crippen LogP contribution in [0.5, 0.6) is 11.5 Å². The molecule has 1 rings (SSSR count). The van der Waals surface area contributed by atoms with Gasteiger partial charge in [0.25, 0.3) is 0 Å². The molecule has 0 aliphatic carbocycles. The first-order valence-corrected chi connectivity index (χ1v) is 2.40. The first-order valence-electron chi connectivity index (χ1n) is 2.40. The van der Waals surface area contributed by atoms with Gasteiger partial charge < -0.3 is 15.9 Å². The quantitative estimate of drug-likeness (QED) is 0.348. The molecule has 0 aliphatic heterocycles. The highest BCUT2D eigenvalue weighted by Gasteiger charge is 1.99. The topological polar surface area (TPSA) is 66.5 Å². The summed E-state index contributed by atoms with van der Waals surface area (Å²) >= 11 is 0. The van der Waals surface area contributed by atoms with Crippen LogP contribution in [-0.4, -0.2) is 10.2 Å². The zero-order valence-electron chi connectivity index (χ0n) is 4.63. The average Bonchev–Trinajstić information content (AvgIpc) is 1.83. The number of rotatable bonds is 0. The molecule has 0 atom stereocenters. The lowest BCUT2D eigenvalue weighted by atomic mass is 10.3. The van der Waals surface area contributed by atoms with Crippen molar-refractivity contribution in [3.8, 4) is 11.5 Å². The smallest absolute Gasteiger partial charge is 0.181 e. The lowest BCUT2D eigenvalue weighted by molar-refractivity contribution is 0.405. The van der Waals surface area contributed by atoms with Crippen molar-refractivity contribution in [2.45, 2.75) is 0 Å². The molecule has 1 aromatic carbocycles. The molecule has 0 heterocycles. The molecule has 0 saturated heterocycles. The summed E-state index contributed by atoms with van der Waals surface area (Å²) in [7, 11) is 0. The molecule has 0 saturated carbocycles. The second kappa shape index (κ2) is 1.85. The van der Waals surface area contributed by atoms with Gasteiger partial charge in [0, 0.05) is 6.07 Å². The van der Waals surface area contributed by atoms with Crippen LogP contribution < -0.4 is 5.73 Å². The second-order valence-electron chi connectivity index (χ2n) is 1.63. The highest BCUT2D eigenvalue weighted by atomic mass is 16.3. The van der Waals surface area contributed by atoms with E-state index in [0.717, 1.165) is 0 Å². The lowest BCUT2D eigenvalue weighted by Gasteiger charge is -1.97. The summed E-state index contributed by atoms with van der Waals surface area (Å²) < 4.78 is 0. The fourth-order valence-corrected chi connectivity index (χ4v) is 0.496. The molecule has 47 valence electrons. The molecule has 1 radical (unpaired) electrons. The maximum absolute atomic E-state index is 8.80. The fraction of sp³-hybridized carbons (Fsp3) is 0. The molecular formula is C6H6NO2. The summed E-state index contributed by atoms with van der Waals surface area (Å²) in [5.41, 5.74) is 5.22. The van der Waals surface area contributed by atoms with E-state index in [4.69, 9.17) is 15.9 Å². The zero-order valence-corrected chi connectivity index (χ0v) is 4.63. The van der Waals surface area contributed by atoms with E-state index >= 15 is 0 Å². The van der Waals surface area contributed by atoms with Gasteiger partial charge in [-0.05, 0) is 12.1 Å². The number of phenols is 2. The van der Waals surface area contributed by atoms with Gasteiger partial charge in [0.15, 0.2) is 11.5 Å². The molecule has 4 N–H and O–H groups in total. The summed E-state index contributed by atoms with van der Waals surface area (Å²) in [5, 5.41) is 17.6. The van der Waals surface area contributed by atoms with Crippen LogP contribution in [0.15, 0.2) is 12.1 Å². The minimum atomic E-state index is -0.308. The van der Waals surface area contributed by atoms with Crippen molar-refractivity contribution in [3.63, 3.8) is 0 Å². The van der Waals surface area contributed by atoms with E-state index in [0.29, 0.717) is 0 Å². The number of anilines is 1. The van der Waals surface area contributed by atoms with Gasteiger partial charge in [-0.15, -0.1) is 0 Å². The third-order valence-electron chi connectivity index (χ3n) is 0.978. The van der Waals surface area contributed by atoms with Crippen LogP contribution in [0.25, 0.3) is 0 Å². The van der Waals surface area contributed by atoms with E-state index < -0.39 is 0 Å². The minimum Gasteiger partial charge on any atom is -0.504 e. The predicted molar refractivity (Wildman–Crippen MR) is 33.0 cm³/mol. The molecule has 0 unspecified atom stereocenters. The number of phenolic OH excluding ortho intramolecular Hbond substituents is 2. The molecule has 3 nitrogen and oxygen atoms in total. The van der Waals surface area contributed by atoms with E-state index in [1.165, 1.54) is 12.1 Å². The van der Waals surface area contributed by atoms with Crippen LogP contribution in [0.3, 0.4) is 0 Å². The predicted octanol–water partition coefficient (Wildman–Crippen LogP) is 0.480. The average molecular weight is 124 g/mol. The number of hydrogen-bond acceptors (Lipinski definition) is 3. The highest BCUT2D eigenvalue weighted by molar-refractivity contribution is 5.57. The fourth-order valence-electron chi connectivity index (χ4n) is 0.496. The molecule has 0 amide bonds. The van der Waals surface area contributed by atoms with Crippen molar-refractivity contribution < 1.29 is 10.2 Å². The Morgan fingerprint density at radius 1 is 1.44 bits per heavy atom. The molecule has 0 aliphatic rings. The SMILES string of the molecule is Nc1[c]ccc(O)c1O. The molecule has 9 heavy (non-hydrogen) atoms. The number of nitrogens with two attached hydrogens (primary N) is 1. The van der Waals surface area contributed by atoms with E-state index in [1.807, 2.05) is 0 Å². The van der Waals surface area contributed by atoms with Crippen LogP contribution in [0.2, 0.25) is 0 Å². The molecular weight excluding hydrogens is 118 g/mol. The van der Waals surface area contributed by atoms with E-state index in [-0.39, 0.29) is 17.2 Å². The summed E-state index contributed by atoms with van der Waals surface area (Å²) in [6.45, 7) is 0. The van der Waals surface area contributed by atoms with Gasteiger partial charge in [0.05, 0.1) is 5.69 Å². The van der Waals surface area contributed by atoms with Gasteiger partial charge in [-0.3, -0.25) is 0 Å². The Morgan fingerprint density at radius 2 is 2.11 bits per heavy atom. The van der Waals surface area contributed by atoms with Crippen LogP contribution >= 0.6 is 0 Å². The van der Waals surface area contributed by atoms with Crippen molar-refractivity contribution in [2.24, 2.45) is 0 Å². The van der Waals surface area contributed by atoms with Crippen molar-refractivity contribution in [1.29, 1.82) is 0 Å². The summed E-state index contributed by atoms with van der Waals surface area (Å²) in [5.74, 6) is -0.524. The Bertz CT molecular complexity index is 202. The molecule has 0 bridgehead atoms. The normalized spacial score (nSPS) is 9.33. The van der Waals surface area contributed by atoms with Crippen molar-refractivity contribution in [3.05, 3.63) is 18.2 Å². The molecule has 0 spiro atoms. The second-order valence-corrected chi connectivity index (χ2v) is 1.63. The monoisotopic (exact) mass is 124 g/mol. The van der Waals surface area contributed by atoms with Gasteiger partial charge in [0.2, 0.25) is 0 Å². The van der Waals surface area contributed by atoms with Crippen LogP contribution in [0.1, 0.15) is 0 Å². The first-order chi connectivity index (χ1) is 4.22. The first kappa shape index (κ1) is 5.75. The van der Waals surface area contributed by atoms with Crippen molar-refractivity contribution >= 4 is 5.69 Å². The molecule has 0 aromatic heterocycles. The number of hydrogen-bond donors (Lipinski definition) is 3. The van der Waals surface area contributed by atoms with Crippen LogP contribution in [-0.2, 0) is 0 Å². The Morgan fingerprint density at radius 3 is 2.56 bits per heavy atom. The molecule has 1 aromatic rings. The molecule has 3 heteroatoms. The number of nitrogen functional groups attached to an aromatic ring is 1. The van der Waals surface area contributed by atoms with E-state index in [2.05, 4.69) is 6.07 Å². The van der Waals surface area contributed by atoms with Crippen molar-refractivity contribution in [2.75, 3.05) is 5.73 Å². The lowest BCUT2D eigenvalue weighted by Crippen LogP contribution is -1.84. The van der Waals surface area contributed by atoms with Gasteiger partial charge in [-0.2, -0.15) is 0 Å². The Labute approximate surface area is 52.4 Å². The van der Waals surface area contributed by atoms with Crippen LogP contribution in [0.4, 0.5) is 5.69 Å². The third kappa shape index (κ3) is 0.887. The Hall–Kier alpha value is -1.38. The summed E-state index contributed by atoms with van der Waals surface area (Å²) in [6.07, 6.45) is 0. The molecule has 0 fully saturated rings. The maximum atomic E-state index is 8.80. The minimum absolute atomic E-state index is 0.0648. The summed E-state index contributed by atoms with van der Waals surface area (Å²) in [4.78, 5) is 0. The maximum Gasteiger partial charge on any atom is 0.181 e. The van der Waals surface area contributed by atoms with E-state index in [1.54, 1.807) is 0 Å². The summed E-state index contributed by atoms with van der Waals surface area (Å²) in [6, 6.07) is 5.25. The van der Waals surface area contributed by atoms with Crippen LogP contribution in [0, 0.1) is 6.07 Å². The highest BCUT2D eigenvalue weighted by Crippen LogP contribution is 2.28. The standard InChI is InChI=1S/C6H6NO2/c7-4-2-1-3-5(8)6(4)9/h1,3,8-9H,7H2. The largest absolute Gasteiger partial charge is 0.504 e. The number of aromatic hydroxyl groups is 2. The van der Waals surface area contributed by atoms with Gasteiger partial charge >= 0.3 is 0 Å². The van der Waals surface area contributed by atoms with Gasteiger partial charge in [0.1, 0.15) is 0 Å².